The number of ether oxygens (including phenoxy) is 2. The number of aromatic hydroxyl groups is 2. The van der Waals surface area contributed by atoms with Crippen LogP contribution < -0.4 is 21.1 Å². The predicted molar refractivity (Wildman–Crippen MR) is 223 cm³/mol. The Bertz CT molecular complexity index is 2690. The van der Waals surface area contributed by atoms with E-state index in [9.17, 15) is 39.0 Å². The molecule has 63 heavy (non-hydrogen) atoms. The van der Waals surface area contributed by atoms with Gasteiger partial charge in [0.05, 0.1) is 11.3 Å². The second kappa shape index (κ2) is 17.4. The van der Waals surface area contributed by atoms with E-state index in [4.69, 9.17) is 9.47 Å². The Labute approximate surface area is 358 Å². The number of carbonyl (C=O) groups excluding carboxylic acids is 5. The number of piperidine rings is 1. The minimum Gasteiger partial charge on any atom is -0.508 e. The van der Waals surface area contributed by atoms with Gasteiger partial charge in [-0.15, -0.1) is 0 Å². The van der Waals surface area contributed by atoms with Gasteiger partial charge in [0.25, 0.3) is 5.91 Å². The van der Waals surface area contributed by atoms with Gasteiger partial charge >= 0.3 is 17.9 Å². The SMILES string of the molecule is CC(C)c1cc(-c2n[nH]c(=O)n2-c2ccc(CN3CCN(C(=O)Oc4ccc(COC(=O)Nc5cccc6c5CN(C5CCC(=O)NC5=O)C6=O)cc4)CC3)c(F)c2)c(O)cc1O. The Kier molecular flexibility index (Phi) is 11.7. The molecule has 1 aromatic heterocycles. The fourth-order valence-electron chi connectivity index (χ4n) is 7.90. The molecule has 5 amide bonds. The minimum absolute atomic E-state index is 0.0525. The zero-order chi connectivity index (χ0) is 44.5. The molecule has 2 fully saturated rings. The van der Waals surface area contributed by atoms with E-state index in [1.165, 1.54) is 17.0 Å². The summed E-state index contributed by atoms with van der Waals surface area (Å²) in [6.45, 7) is 5.51. The number of amides is 5. The number of nitrogens with zero attached hydrogens (tertiary/aromatic N) is 5. The van der Waals surface area contributed by atoms with Crippen LogP contribution in [0.25, 0.3) is 17.1 Å². The maximum Gasteiger partial charge on any atom is 0.415 e. The number of aromatic amines is 1. The maximum absolute atomic E-state index is 15.6. The lowest BCUT2D eigenvalue weighted by Crippen LogP contribution is -2.52. The summed E-state index contributed by atoms with van der Waals surface area (Å²) in [4.78, 5) is 80.7. The van der Waals surface area contributed by atoms with E-state index in [1.54, 1.807) is 65.6 Å². The molecule has 0 radical (unpaired) electrons. The summed E-state index contributed by atoms with van der Waals surface area (Å²) in [6.07, 6.45) is -0.979. The molecule has 2 saturated heterocycles. The molecule has 1 atom stereocenters. The van der Waals surface area contributed by atoms with Gasteiger partial charge in [-0.1, -0.05) is 38.1 Å². The average molecular weight is 863 g/mol. The van der Waals surface area contributed by atoms with Gasteiger partial charge in [0, 0.05) is 74.1 Å². The van der Waals surface area contributed by atoms with Gasteiger partial charge < -0.3 is 29.5 Å². The number of phenolic OH excluding ortho intramolecular Hbond substituents is 2. The van der Waals surface area contributed by atoms with Crippen LogP contribution in [0.2, 0.25) is 0 Å². The highest BCUT2D eigenvalue weighted by molar-refractivity contribution is 6.06. The van der Waals surface area contributed by atoms with E-state index in [0.29, 0.717) is 59.7 Å². The molecule has 5 N–H and O–H groups in total. The zero-order valence-electron chi connectivity index (χ0n) is 34.2. The molecule has 3 aliphatic rings. The molecule has 0 bridgehead atoms. The number of carbonyl (C=O) groups is 5. The average Bonchev–Trinajstić information content (AvgIpc) is 3.80. The van der Waals surface area contributed by atoms with E-state index >= 15 is 4.39 Å². The van der Waals surface area contributed by atoms with Crippen molar-refractivity contribution in [2.45, 2.75) is 58.3 Å². The smallest absolute Gasteiger partial charge is 0.415 e. The van der Waals surface area contributed by atoms with Crippen LogP contribution in [0.5, 0.6) is 17.2 Å². The monoisotopic (exact) mass is 862 g/mol. The number of imide groups is 1. The van der Waals surface area contributed by atoms with Crippen molar-refractivity contribution in [1.82, 2.24) is 34.8 Å². The van der Waals surface area contributed by atoms with Crippen molar-refractivity contribution < 1.29 is 48.0 Å². The number of anilines is 1. The molecule has 18 nitrogen and oxygen atoms in total. The van der Waals surface area contributed by atoms with Crippen molar-refractivity contribution in [3.63, 3.8) is 0 Å². The van der Waals surface area contributed by atoms with Crippen LogP contribution in [-0.2, 0) is 34.0 Å². The fraction of sp³-hybridized carbons (Fsp3) is 0.295. The highest BCUT2D eigenvalue weighted by atomic mass is 19.1. The molecule has 326 valence electrons. The Hall–Kier alpha value is -7.54. The molecular formula is C44H43FN8O10. The Morgan fingerprint density at radius 2 is 1.70 bits per heavy atom. The van der Waals surface area contributed by atoms with Crippen LogP contribution in [0, 0.1) is 5.82 Å². The minimum atomic E-state index is -0.790. The summed E-state index contributed by atoms with van der Waals surface area (Å²) >= 11 is 0. The largest absolute Gasteiger partial charge is 0.508 e. The number of piperazine rings is 1. The first-order valence-corrected chi connectivity index (χ1v) is 20.2. The lowest BCUT2D eigenvalue weighted by Gasteiger charge is -2.34. The number of hydrogen-bond acceptors (Lipinski definition) is 12. The third kappa shape index (κ3) is 8.81. The van der Waals surface area contributed by atoms with Crippen LogP contribution in [-0.4, -0.2) is 102 Å². The van der Waals surface area contributed by atoms with Crippen molar-refractivity contribution >= 4 is 35.6 Å². The van der Waals surface area contributed by atoms with Gasteiger partial charge in [0.15, 0.2) is 5.82 Å². The third-order valence-corrected chi connectivity index (χ3v) is 11.3. The van der Waals surface area contributed by atoms with Crippen LogP contribution in [0.15, 0.2) is 77.6 Å². The second-order valence-corrected chi connectivity index (χ2v) is 15.8. The molecule has 0 aliphatic carbocycles. The van der Waals surface area contributed by atoms with Crippen molar-refractivity contribution in [1.29, 1.82) is 0 Å². The summed E-state index contributed by atoms with van der Waals surface area (Å²) in [5.41, 5.74) is 2.53. The van der Waals surface area contributed by atoms with E-state index in [2.05, 4.69) is 20.8 Å². The van der Waals surface area contributed by atoms with Gasteiger partial charge in [-0.05, 0) is 65.9 Å². The van der Waals surface area contributed by atoms with Crippen LogP contribution in [0.4, 0.5) is 19.7 Å². The first kappa shape index (κ1) is 42.2. The van der Waals surface area contributed by atoms with E-state index in [0.717, 1.165) is 4.57 Å². The predicted octanol–water partition coefficient (Wildman–Crippen LogP) is 4.73. The number of phenols is 2. The van der Waals surface area contributed by atoms with Crippen molar-refractivity contribution in [2.75, 3.05) is 31.5 Å². The first-order chi connectivity index (χ1) is 30.2. The Morgan fingerprint density at radius 3 is 2.41 bits per heavy atom. The molecule has 4 heterocycles. The van der Waals surface area contributed by atoms with Crippen molar-refractivity contribution in [3.8, 4) is 34.3 Å². The number of fused-ring (bicyclic) bond motifs is 1. The lowest BCUT2D eigenvalue weighted by atomic mass is 9.98. The van der Waals surface area contributed by atoms with Gasteiger partial charge in [-0.2, -0.15) is 5.10 Å². The third-order valence-electron chi connectivity index (χ3n) is 11.3. The number of rotatable bonds is 10. The molecule has 3 aliphatic heterocycles. The van der Waals surface area contributed by atoms with E-state index < -0.39 is 35.6 Å². The van der Waals surface area contributed by atoms with Crippen molar-refractivity contribution in [3.05, 3.63) is 117 Å². The molecule has 5 aromatic rings. The molecule has 8 rings (SSSR count). The molecule has 4 aromatic carbocycles. The summed E-state index contributed by atoms with van der Waals surface area (Å²) in [5.74, 6) is -1.98. The van der Waals surface area contributed by atoms with Crippen LogP contribution in [0.3, 0.4) is 0 Å². The first-order valence-electron chi connectivity index (χ1n) is 20.2. The summed E-state index contributed by atoms with van der Waals surface area (Å²) in [7, 11) is 0. The second-order valence-electron chi connectivity index (χ2n) is 15.8. The number of H-pyrrole nitrogens is 1. The Balaban J connectivity index is 0.805. The molecule has 1 unspecified atom stereocenters. The normalized spacial score (nSPS) is 16.6. The van der Waals surface area contributed by atoms with Gasteiger partial charge in [-0.25, -0.2) is 28.4 Å². The zero-order valence-corrected chi connectivity index (χ0v) is 34.2. The van der Waals surface area contributed by atoms with Gasteiger partial charge in [0.2, 0.25) is 11.8 Å². The molecule has 19 heteroatoms. The number of nitrogens with one attached hydrogen (secondary N) is 3. The number of hydrogen-bond donors (Lipinski definition) is 5. The van der Waals surface area contributed by atoms with Gasteiger partial charge in [-0.3, -0.25) is 29.9 Å². The van der Waals surface area contributed by atoms with Crippen LogP contribution in [0.1, 0.15) is 65.2 Å². The van der Waals surface area contributed by atoms with E-state index in [-0.39, 0.29) is 84.6 Å². The standard InChI is InChI=1S/C44H43FN8O10/c1-24(2)30-19-31(37(55)20-36(30)54)39-48-49-42(59)53(39)27-9-8-26(33(45)18-27)21-50-14-16-51(17-15-50)44(61)63-28-10-6-25(7-11-28)23-62-43(60)46-34-5-3-4-29-32(34)22-52(41(29)58)35-12-13-38(56)47-40(35)57/h3-11,18-20,24,35,54-55H,12-17,21-23H2,1-2H3,(H,46,60)(H,49,59)(H,47,56,57). The number of halogens is 1. The highest BCUT2D eigenvalue weighted by Gasteiger charge is 2.40. The van der Waals surface area contributed by atoms with E-state index in [1.807, 2.05) is 18.7 Å². The lowest BCUT2D eigenvalue weighted by molar-refractivity contribution is -0.136. The Morgan fingerprint density at radius 1 is 0.937 bits per heavy atom. The topological polar surface area (TPSA) is 229 Å². The van der Waals surface area contributed by atoms with Crippen LogP contribution >= 0.6 is 0 Å². The highest BCUT2D eigenvalue weighted by Crippen LogP contribution is 2.38. The fourth-order valence-corrected chi connectivity index (χ4v) is 7.90. The molecule has 0 saturated carbocycles. The number of aromatic nitrogens is 3. The number of benzene rings is 4. The quantitative estimate of drug-likeness (QED) is 0.120. The molecule has 0 spiro atoms. The summed E-state index contributed by atoms with van der Waals surface area (Å²) in [5, 5.41) is 32.3. The van der Waals surface area contributed by atoms with Gasteiger partial charge in [0.1, 0.15) is 35.7 Å². The molecular weight excluding hydrogens is 820 g/mol. The summed E-state index contributed by atoms with van der Waals surface area (Å²) in [6, 6.07) is 17.6. The maximum atomic E-state index is 15.6. The summed E-state index contributed by atoms with van der Waals surface area (Å²) < 4.78 is 27.7. The van der Waals surface area contributed by atoms with Crippen molar-refractivity contribution in [2.24, 2.45) is 0 Å².